The molecule has 1 N–H and O–H groups in total. The summed E-state index contributed by atoms with van der Waals surface area (Å²) < 4.78 is 26.3. The fourth-order valence-electron chi connectivity index (χ4n) is 2.02. The molecule has 0 saturated heterocycles. The largest absolute Gasteiger partial charge is 0.307 e. The highest BCUT2D eigenvalue weighted by Crippen LogP contribution is 2.15. The molecule has 1 aromatic heterocycles. The molecule has 18 heavy (non-hydrogen) atoms. The standard InChI is InChI=1S/C13H11F2N3/c14-10-2-1-8(11(15)4-10)3-13-17-6-9-5-16-7-12(9)18-13/h1-2,4,6,16H,3,5,7H2. The van der Waals surface area contributed by atoms with Gasteiger partial charge in [0, 0.05) is 37.3 Å². The van der Waals surface area contributed by atoms with Gasteiger partial charge in [-0.05, 0) is 11.6 Å². The second-order valence-electron chi connectivity index (χ2n) is 4.27. The van der Waals surface area contributed by atoms with Crippen molar-refractivity contribution in [2.75, 3.05) is 0 Å². The van der Waals surface area contributed by atoms with Crippen LogP contribution >= 0.6 is 0 Å². The molecule has 1 aromatic carbocycles. The molecule has 1 aliphatic rings. The van der Waals surface area contributed by atoms with E-state index in [1.165, 1.54) is 12.1 Å². The molecule has 1 aliphatic heterocycles. The van der Waals surface area contributed by atoms with Crippen LogP contribution in [0.2, 0.25) is 0 Å². The lowest BCUT2D eigenvalue weighted by Crippen LogP contribution is -2.03. The molecule has 92 valence electrons. The zero-order valence-electron chi connectivity index (χ0n) is 9.58. The molecule has 0 bridgehead atoms. The van der Waals surface area contributed by atoms with E-state index in [0.717, 1.165) is 30.4 Å². The van der Waals surface area contributed by atoms with Gasteiger partial charge in [0.15, 0.2) is 0 Å². The first-order chi connectivity index (χ1) is 8.72. The highest BCUT2D eigenvalue weighted by Gasteiger charge is 2.14. The van der Waals surface area contributed by atoms with Gasteiger partial charge in [-0.25, -0.2) is 18.7 Å². The van der Waals surface area contributed by atoms with Crippen molar-refractivity contribution in [3.8, 4) is 0 Å². The van der Waals surface area contributed by atoms with Crippen molar-refractivity contribution in [3.63, 3.8) is 0 Å². The first-order valence-corrected chi connectivity index (χ1v) is 5.71. The lowest BCUT2D eigenvalue weighted by molar-refractivity contribution is 0.573. The molecule has 0 radical (unpaired) electrons. The van der Waals surface area contributed by atoms with Crippen molar-refractivity contribution in [1.29, 1.82) is 0 Å². The maximum absolute atomic E-state index is 13.5. The molecule has 3 nitrogen and oxygen atoms in total. The lowest BCUT2D eigenvalue weighted by atomic mass is 10.1. The molecular formula is C13H11F2N3. The van der Waals surface area contributed by atoms with Gasteiger partial charge in [-0.2, -0.15) is 0 Å². The van der Waals surface area contributed by atoms with E-state index < -0.39 is 11.6 Å². The number of fused-ring (bicyclic) bond motifs is 1. The van der Waals surface area contributed by atoms with E-state index in [1.807, 2.05) is 0 Å². The summed E-state index contributed by atoms with van der Waals surface area (Å²) in [5.41, 5.74) is 2.45. The van der Waals surface area contributed by atoms with Crippen LogP contribution in [0.4, 0.5) is 8.78 Å². The van der Waals surface area contributed by atoms with Gasteiger partial charge >= 0.3 is 0 Å². The van der Waals surface area contributed by atoms with E-state index in [2.05, 4.69) is 15.3 Å². The Morgan fingerprint density at radius 1 is 1.22 bits per heavy atom. The molecule has 2 aromatic rings. The first-order valence-electron chi connectivity index (χ1n) is 5.71. The number of rotatable bonds is 2. The van der Waals surface area contributed by atoms with Crippen molar-refractivity contribution < 1.29 is 8.78 Å². The molecule has 0 aliphatic carbocycles. The topological polar surface area (TPSA) is 37.8 Å². The fourth-order valence-corrected chi connectivity index (χ4v) is 2.02. The maximum atomic E-state index is 13.5. The minimum Gasteiger partial charge on any atom is -0.307 e. The summed E-state index contributed by atoms with van der Waals surface area (Å²) >= 11 is 0. The predicted molar refractivity (Wildman–Crippen MR) is 61.7 cm³/mol. The van der Waals surface area contributed by atoms with Crippen LogP contribution in [-0.2, 0) is 19.5 Å². The second kappa shape index (κ2) is 4.42. The Morgan fingerprint density at radius 3 is 2.94 bits per heavy atom. The van der Waals surface area contributed by atoms with Crippen molar-refractivity contribution in [1.82, 2.24) is 15.3 Å². The van der Waals surface area contributed by atoms with Crippen LogP contribution in [0.1, 0.15) is 22.6 Å². The molecule has 0 fully saturated rings. The summed E-state index contributed by atoms with van der Waals surface area (Å²) in [6.07, 6.45) is 2.04. The second-order valence-corrected chi connectivity index (χ2v) is 4.27. The maximum Gasteiger partial charge on any atom is 0.133 e. The summed E-state index contributed by atoms with van der Waals surface area (Å²) in [4.78, 5) is 8.58. The molecule has 3 rings (SSSR count). The van der Waals surface area contributed by atoms with Crippen LogP contribution in [0.5, 0.6) is 0 Å². The van der Waals surface area contributed by atoms with Gasteiger partial charge in [-0.1, -0.05) is 6.07 Å². The average Bonchev–Trinajstić information content (AvgIpc) is 2.80. The van der Waals surface area contributed by atoms with Gasteiger partial charge in [-0.3, -0.25) is 0 Å². The molecule has 0 atom stereocenters. The highest BCUT2D eigenvalue weighted by molar-refractivity contribution is 5.25. The molecule has 0 unspecified atom stereocenters. The lowest BCUT2D eigenvalue weighted by Gasteiger charge is -2.04. The Kier molecular flexibility index (Phi) is 2.76. The zero-order chi connectivity index (χ0) is 12.5. The SMILES string of the molecule is Fc1ccc(Cc2ncc3c(n2)CNC3)c(F)c1. The van der Waals surface area contributed by atoms with Crippen LogP contribution in [-0.4, -0.2) is 9.97 Å². The molecule has 0 saturated carbocycles. The quantitative estimate of drug-likeness (QED) is 0.881. The number of nitrogens with one attached hydrogen (secondary N) is 1. The third-order valence-corrected chi connectivity index (χ3v) is 2.98. The Labute approximate surface area is 103 Å². The Bertz CT molecular complexity index is 599. The summed E-state index contributed by atoms with van der Waals surface area (Å²) in [6.45, 7) is 1.50. The van der Waals surface area contributed by atoms with E-state index in [1.54, 1.807) is 6.20 Å². The van der Waals surface area contributed by atoms with Crippen LogP contribution < -0.4 is 5.32 Å². The molecule has 2 heterocycles. The Hall–Kier alpha value is -1.88. The van der Waals surface area contributed by atoms with E-state index in [-0.39, 0.29) is 6.42 Å². The fraction of sp³-hybridized carbons (Fsp3) is 0.231. The smallest absolute Gasteiger partial charge is 0.133 e. The molecule has 0 spiro atoms. The minimum absolute atomic E-state index is 0.277. The van der Waals surface area contributed by atoms with E-state index in [4.69, 9.17) is 0 Å². The average molecular weight is 247 g/mol. The number of nitrogens with zero attached hydrogens (tertiary/aromatic N) is 2. The molecule has 0 amide bonds. The van der Waals surface area contributed by atoms with E-state index >= 15 is 0 Å². The first kappa shape index (κ1) is 11.2. The molecule has 5 heteroatoms. The molecular weight excluding hydrogens is 236 g/mol. The van der Waals surface area contributed by atoms with Crippen molar-refractivity contribution in [3.05, 3.63) is 58.7 Å². The van der Waals surface area contributed by atoms with Gasteiger partial charge in [0.25, 0.3) is 0 Å². The number of hydrogen-bond donors (Lipinski definition) is 1. The Balaban J connectivity index is 1.88. The third-order valence-electron chi connectivity index (χ3n) is 2.98. The van der Waals surface area contributed by atoms with Crippen molar-refractivity contribution in [2.24, 2.45) is 0 Å². The zero-order valence-corrected chi connectivity index (χ0v) is 9.58. The summed E-state index contributed by atoms with van der Waals surface area (Å²) in [5, 5.41) is 3.17. The van der Waals surface area contributed by atoms with Crippen LogP contribution in [0.3, 0.4) is 0 Å². The van der Waals surface area contributed by atoms with Gasteiger partial charge in [0.1, 0.15) is 17.5 Å². The minimum atomic E-state index is -0.574. The summed E-state index contributed by atoms with van der Waals surface area (Å²) in [7, 11) is 0. The summed E-state index contributed by atoms with van der Waals surface area (Å²) in [5.74, 6) is -0.574. The summed E-state index contributed by atoms with van der Waals surface area (Å²) in [6, 6.07) is 3.55. The van der Waals surface area contributed by atoms with Gasteiger partial charge in [0.05, 0.1) is 5.69 Å². The van der Waals surface area contributed by atoms with Crippen LogP contribution in [0, 0.1) is 11.6 Å². The predicted octanol–water partition coefficient (Wildman–Crippen LogP) is 1.95. The van der Waals surface area contributed by atoms with Crippen LogP contribution in [0.25, 0.3) is 0 Å². The van der Waals surface area contributed by atoms with Crippen molar-refractivity contribution >= 4 is 0 Å². The normalized spacial score (nSPS) is 13.7. The monoisotopic (exact) mass is 247 g/mol. The number of aromatic nitrogens is 2. The number of benzene rings is 1. The number of halogens is 2. The van der Waals surface area contributed by atoms with Gasteiger partial charge < -0.3 is 5.32 Å². The Morgan fingerprint density at radius 2 is 2.11 bits per heavy atom. The van der Waals surface area contributed by atoms with E-state index in [9.17, 15) is 8.78 Å². The number of hydrogen-bond acceptors (Lipinski definition) is 3. The highest BCUT2D eigenvalue weighted by atomic mass is 19.1. The van der Waals surface area contributed by atoms with Gasteiger partial charge in [-0.15, -0.1) is 0 Å². The van der Waals surface area contributed by atoms with Crippen LogP contribution in [0.15, 0.2) is 24.4 Å². The van der Waals surface area contributed by atoms with Gasteiger partial charge in [0.2, 0.25) is 0 Å². The van der Waals surface area contributed by atoms with E-state index in [0.29, 0.717) is 11.4 Å². The van der Waals surface area contributed by atoms with Crippen molar-refractivity contribution in [2.45, 2.75) is 19.5 Å². The third kappa shape index (κ3) is 2.09.